The molecule has 0 fully saturated rings. The lowest BCUT2D eigenvalue weighted by molar-refractivity contribution is 1.17. The first-order chi connectivity index (χ1) is 9.72. The van der Waals surface area contributed by atoms with Gasteiger partial charge < -0.3 is 5.32 Å². The number of aryl methyl sites for hydroxylation is 2. The fraction of sp³-hybridized carbons (Fsp3) is 0.133. The van der Waals surface area contributed by atoms with Gasteiger partial charge in [-0.25, -0.2) is 15.0 Å². The Morgan fingerprint density at radius 3 is 2.30 bits per heavy atom. The number of thiazole rings is 1. The van der Waals surface area contributed by atoms with E-state index < -0.39 is 0 Å². The van der Waals surface area contributed by atoms with Gasteiger partial charge in [-0.2, -0.15) is 0 Å². The minimum Gasteiger partial charge on any atom is -0.324 e. The van der Waals surface area contributed by atoms with E-state index >= 15 is 0 Å². The average molecular weight is 282 g/mol. The summed E-state index contributed by atoms with van der Waals surface area (Å²) in [6, 6.07) is 10.0. The van der Waals surface area contributed by atoms with Crippen LogP contribution in [-0.2, 0) is 0 Å². The predicted molar refractivity (Wildman–Crippen MR) is 82.3 cm³/mol. The lowest BCUT2D eigenvalue weighted by Gasteiger charge is -2.05. The molecule has 0 radical (unpaired) electrons. The molecule has 1 aromatic carbocycles. The van der Waals surface area contributed by atoms with Crippen molar-refractivity contribution in [2.75, 3.05) is 5.32 Å². The van der Waals surface area contributed by atoms with Crippen LogP contribution in [-0.4, -0.2) is 15.0 Å². The molecule has 3 rings (SSSR count). The van der Waals surface area contributed by atoms with E-state index in [2.05, 4.69) is 32.4 Å². The molecule has 0 bridgehead atoms. The molecule has 0 amide bonds. The smallest absolute Gasteiger partial charge is 0.227 e. The third-order valence-corrected chi connectivity index (χ3v) is 3.99. The van der Waals surface area contributed by atoms with E-state index in [1.165, 1.54) is 10.4 Å². The van der Waals surface area contributed by atoms with Gasteiger partial charge in [0.15, 0.2) is 0 Å². The molecule has 20 heavy (non-hydrogen) atoms. The zero-order valence-electron chi connectivity index (χ0n) is 11.3. The number of nitrogens with zero attached hydrogens (tertiary/aromatic N) is 3. The molecule has 3 aromatic rings. The largest absolute Gasteiger partial charge is 0.324 e. The molecule has 0 unspecified atom stereocenters. The zero-order valence-corrected chi connectivity index (χ0v) is 12.1. The fourth-order valence-corrected chi connectivity index (χ4v) is 2.92. The van der Waals surface area contributed by atoms with Crippen LogP contribution in [0, 0.1) is 13.8 Å². The molecule has 2 heterocycles. The van der Waals surface area contributed by atoms with Crippen LogP contribution >= 0.6 is 11.3 Å². The molecule has 0 atom stereocenters. The third kappa shape index (κ3) is 2.67. The van der Waals surface area contributed by atoms with Crippen LogP contribution < -0.4 is 5.32 Å². The van der Waals surface area contributed by atoms with E-state index in [1.54, 1.807) is 29.8 Å². The van der Waals surface area contributed by atoms with Gasteiger partial charge in [-0.15, -0.1) is 11.3 Å². The monoisotopic (exact) mass is 282 g/mol. The van der Waals surface area contributed by atoms with Gasteiger partial charge in [0.2, 0.25) is 5.95 Å². The maximum atomic E-state index is 4.46. The Morgan fingerprint density at radius 1 is 1.00 bits per heavy atom. The highest BCUT2D eigenvalue weighted by Crippen LogP contribution is 2.30. The number of nitrogens with one attached hydrogen (secondary N) is 1. The molecule has 0 saturated carbocycles. The quantitative estimate of drug-likeness (QED) is 0.790. The van der Waals surface area contributed by atoms with Crippen LogP contribution in [0.5, 0.6) is 0 Å². The van der Waals surface area contributed by atoms with Gasteiger partial charge in [0, 0.05) is 18.1 Å². The van der Waals surface area contributed by atoms with Crippen molar-refractivity contribution in [3.63, 3.8) is 0 Å². The fourth-order valence-electron chi connectivity index (χ4n) is 2.00. The molecule has 0 aliphatic heterocycles. The first-order valence-electron chi connectivity index (χ1n) is 6.31. The molecule has 4 nitrogen and oxygen atoms in total. The summed E-state index contributed by atoms with van der Waals surface area (Å²) < 4.78 is 0. The molecule has 100 valence electrons. The summed E-state index contributed by atoms with van der Waals surface area (Å²) in [6.45, 7) is 4.08. The van der Waals surface area contributed by atoms with Crippen molar-refractivity contribution in [3.8, 4) is 10.4 Å². The molecule has 0 aliphatic rings. The Morgan fingerprint density at radius 2 is 1.70 bits per heavy atom. The summed E-state index contributed by atoms with van der Waals surface area (Å²) in [7, 11) is 0. The summed E-state index contributed by atoms with van der Waals surface area (Å²) in [6.07, 6.45) is 3.43. The Bertz CT molecular complexity index is 704. The number of anilines is 2. The van der Waals surface area contributed by atoms with Gasteiger partial charge in [0.1, 0.15) is 0 Å². The van der Waals surface area contributed by atoms with E-state index in [9.17, 15) is 0 Å². The van der Waals surface area contributed by atoms with E-state index in [1.807, 2.05) is 26.0 Å². The number of aromatic nitrogens is 3. The first kappa shape index (κ1) is 12.7. The van der Waals surface area contributed by atoms with Crippen molar-refractivity contribution in [2.45, 2.75) is 13.8 Å². The minimum absolute atomic E-state index is 0.602. The molecule has 0 aliphatic carbocycles. The first-order valence-corrected chi connectivity index (χ1v) is 7.12. The van der Waals surface area contributed by atoms with Crippen LogP contribution in [0.1, 0.15) is 10.7 Å². The van der Waals surface area contributed by atoms with Gasteiger partial charge in [-0.05, 0) is 37.6 Å². The topological polar surface area (TPSA) is 50.7 Å². The van der Waals surface area contributed by atoms with Crippen molar-refractivity contribution in [2.24, 2.45) is 0 Å². The number of rotatable bonds is 3. The SMILES string of the molecule is Cc1nc(C)c(-c2ccc(Nc3ncccn3)cc2)s1. The summed E-state index contributed by atoms with van der Waals surface area (Å²) in [5.74, 6) is 0.602. The maximum Gasteiger partial charge on any atom is 0.227 e. The second-order valence-corrected chi connectivity index (χ2v) is 5.63. The van der Waals surface area contributed by atoms with Crippen LogP contribution in [0.2, 0.25) is 0 Å². The van der Waals surface area contributed by atoms with Crippen LogP contribution in [0.3, 0.4) is 0 Å². The van der Waals surface area contributed by atoms with Gasteiger partial charge in [0.25, 0.3) is 0 Å². The Balaban J connectivity index is 1.83. The van der Waals surface area contributed by atoms with Crippen LogP contribution in [0.25, 0.3) is 10.4 Å². The number of hydrogen-bond donors (Lipinski definition) is 1. The van der Waals surface area contributed by atoms with E-state index in [0.717, 1.165) is 16.4 Å². The van der Waals surface area contributed by atoms with Gasteiger partial charge in [0.05, 0.1) is 15.6 Å². The van der Waals surface area contributed by atoms with E-state index in [-0.39, 0.29) is 0 Å². The number of benzene rings is 1. The highest BCUT2D eigenvalue weighted by molar-refractivity contribution is 7.15. The van der Waals surface area contributed by atoms with Crippen LogP contribution in [0.4, 0.5) is 11.6 Å². The summed E-state index contributed by atoms with van der Waals surface area (Å²) >= 11 is 1.72. The second-order valence-electron chi connectivity index (χ2n) is 4.42. The Kier molecular flexibility index (Phi) is 3.43. The van der Waals surface area contributed by atoms with E-state index in [4.69, 9.17) is 0 Å². The highest BCUT2D eigenvalue weighted by atomic mass is 32.1. The number of hydrogen-bond acceptors (Lipinski definition) is 5. The average Bonchev–Trinajstić information content (AvgIpc) is 2.80. The van der Waals surface area contributed by atoms with Crippen molar-refractivity contribution in [1.82, 2.24) is 15.0 Å². The molecule has 1 N–H and O–H groups in total. The zero-order chi connectivity index (χ0) is 13.9. The molecule has 0 spiro atoms. The molecular formula is C15H14N4S. The highest BCUT2D eigenvalue weighted by Gasteiger charge is 2.07. The standard InChI is InChI=1S/C15H14N4S/c1-10-14(20-11(2)18-10)12-4-6-13(7-5-12)19-15-16-8-3-9-17-15/h3-9H,1-2H3,(H,16,17,19). The molecule has 5 heteroatoms. The lowest BCUT2D eigenvalue weighted by Crippen LogP contribution is -1.95. The Labute approximate surface area is 121 Å². The lowest BCUT2D eigenvalue weighted by atomic mass is 10.1. The van der Waals surface area contributed by atoms with Crippen molar-refractivity contribution < 1.29 is 0 Å². The Hall–Kier alpha value is -2.27. The minimum atomic E-state index is 0.602. The second kappa shape index (κ2) is 5.38. The molecule has 2 aromatic heterocycles. The third-order valence-electron chi connectivity index (χ3n) is 2.87. The maximum absolute atomic E-state index is 4.46. The normalized spacial score (nSPS) is 10.5. The van der Waals surface area contributed by atoms with Crippen molar-refractivity contribution in [3.05, 3.63) is 53.4 Å². The van der Waals surface area contributed by atoms with Crippen molar-refractivity contribution >= 4 is 23.0 Å². The van der Waals surface area contributed by atoms with E-state index in [0.29, 0.717) is 5.95 Å². The predicted octanol–water partition coefficient (Wildman–Crippen LogP) is 3.96. The summed E-state index contributed by atoms with van der Waals surface area (Å²) in [4.78, 5) is 14.0. The summed E-state index contributed by atoms with van der Waals surface area (Å²) in [5, 5.41) is 4.26. The molecular weight excluding hydrogens is 268 g/mol. The van der Waals surface area contributed by atoms with Gasteiger partial charge in [-0.3, -0.25) is 0 Å². The van der Waals surface area contributed by atoms with Gasteiger partial charge in [-0.1, -0.05) is 12.1 Å². The van der Waals surface area contributed by atoms with Gasteiger partial charge >= 0.3 is 0 Å². The van der Waals surface area contributed by atoms with Crippen molar-refractivity contribution in [1.29, 1.82) is 0 Å². The molecule has 0 saturated heterocycles. The van der Waals surface area contributed by atoms with Crippen LogP contribution in [0.15, 0.2) is 42.7 Å². The summed E-state index contributed by atoms with van der Waals surface area (Å²) in [5.41, 5.74) is 3.24.